The normalized spacial score (nSPS) is 19.3. The van der Waals surface area contributed by atoms with Gasteiger partial charge in [0.1, 0.15) is 5.75 Å². The minimum Gasteiger partial charge on any atom is -0.497 e. The van der Waals surface area contributed by atoms with E-state index in [0.717, 1.165) is 79.4 Å². The van der Waals surface area contributed by atoms with Gasteiger partial charge in [0.05, 0.1) is 13.2 Å². The van der Waals surface area contributed by atoms with E-state index in [-0.39, 0.29) is 6.10 Å². The number of rotatable bonds is 6. The smallest absolute Gasteiger partial charge is 0.173 e. The number of piperidine rings is 2. The Labute approximate surface area is 211 Å². The predicted molar refractivity (Wildman–Crippen MR) is 142 cm³/mol. The van der Waals surface area contributed by atoms with Crippen LogP contribution in [0.3, 0.4) is 0 Å². The predicted octanol–water partition coefficient (Wildman–Crippen LogP) is 5.11. The van der Waals surface area contributed by atoms with Gasteiger partial charge in [0.2, 0.25) is 0 Å². The number of hydrogen-bond acceptors (Lipinski definition) is 4. The number of β-amino-alcohol motifs (C(OH)–C–C–N with tert-alkyl or cyclic N) is 1. The van der Waals surface area contributed by atoms with Gasteiger partial charge in [-0.1, -0.05) is 34.1 Å². The van der Waals surface area contributed by atoms with Crippen LogP contribution in [0, 0.1) is 5.92 Å². The Hall–Kier alpha value is -1.67. The second kappa shape index (κ2) is 11.6. The molecule has 2 saturated heterocycles. The Morgan fingerprint density at radius 1 is 1.09 bits per heavy atom. The molecule has 7 heteroatoms. The van der Waals surface area contributed by atoms with Gasteiger partial charge < -0.3 is 25.0 Å². The second-order valence-electron chi connectivity index (χ2n) is 9.18. The number of halogens is 1. The molecule has 2 N–H and O–H groups in total. The van der Waals surface area contributed by atoms with Gasteiger partial charge in [-0.05, 0) is 98.7 Å². The van der Waals surface area contributed by atoms with Crippen LogP contribution in [0.5, 0.6) is 5.75 Å². The van der Waals surface area contributed by atoms with E-state index in [2.05, 4.69) is 55.3 Å². The van der Waals surface area contributed by atoms with Crippen LogP contribution in [-0.2, 0) is 0 Å². The summed E-state index contributed by atoms with van der Waals surface area (Å²) in [4.78, 5) is 4.66. The molecule has 0 aliphatic carbocycles. The molecule has 2 aromatic carbocycles. The maximum absolute atomic E-state index is 10.9. The Morgan fingerprint density at radius 3 is 2.42 bits per heavy atom. The lowest BCUT2D eigenvalue weighted by atomic mass is 9.88. The zero-order valence-corrected chi connectivity index (χ0v) is 21.7. The van der Waals surface area contributed by atoms with Crippen molar-refractivity contribution >= 4 is 38.9 Å². The van der Waals surface area contributed by atoms with Crippen molar-refractivity contribution in [3.63, 3.8) is 0 Å². The summed E-state index contributed by atoms with van der Waals surface area (Å²) in [5.74, 6) is 1.86. The molecule has 4 rings (SSSR count). The van der Waals surface area contributed by atoms with Gasteiger partial charge in [-0.25, -0.2) is 0 Å². The molecule has 2 fully saturated rings. The van der Waals surface area contributed by atoms with Crippen molar-refractivity contribution < 1.29 is 9.84 Å². The lowest BCUT2D eigenvalue weighted by molar-refractivity contribution is 0.0343. The number of thiocarbonyl (C=S) groups is 1. The van der Waals surface area contributed by atoms with E-state index in [9.17, 15) is 5.11 Å². The monoisotopic (exact) mass is 531 g/mol. The lowest BCUT2D eigenvalue weighted by Gasteiger charge is -2.38. The molecule has 2 heterocycles. The molecular formula is C26H34BrN3O2S. The number of aliphatic hydroxyl groups excluding tert-OH is 1. The molecule has 0 saturated carbocycles. The van der Waals surface area contributed by atoms with E-state index >= 15 is 0 Å². The first-order valence-corrected chi connectivity index (χ1v) is 13.1. The first-order valence-electron chi connectivity index (χ1n) is 11.9. The van der Waals surface area contributed by atoms with Crippen molar-refractivity contribution in [3.8, 4) is 5.75 Å². The van der Waals surface area contributed by atoms with Crippen molar-refractivity contribution in [1.82, 2.24) is 9.80 Å². The number of methoxy groups -OCH3 is 1. The van der Waals surface area contributed by atoms with Crippen LogP contribution in [0.25, 0.3) is 0 Å². The first-order chi connectivity index (χ1) is 16.0. The summed E-state index contributed by atoms with van der Waals surface area (Å²) < 4.78 is 6.31. The molecule has 33 heavy (non-hydrogen) atoms. The third-order valence-corrected chi connectivity index (χ3v) is 7.92. The minimum absolute atomic E-state index is 0.267. The number of benzene rings is 2. The fourth-order valence-corrected chi connectivity index (χ4v) is 5.69. The number of likely N-dealkylation sites (tertiary alicyclic amines) is 2. The van der Waals surface area contributed by atoms with Gasteiger partial charge in [-0.2, -0.15) is 0 Å². The molecule has 0 amide bonds. The average molecular weight is 533 g/mol. The van der Waals surface area contributed by atoms with E-state index in [1.54, 1.807) is 7.11 Å². The average Bonchev–Trinajstić information content (AvgIpc) is 2.84. The fraction of sp³-hybridized carbons (Fsp3) is 0.500. The standard InChI is InChI=1S/C26H34BrN3O2S/c1-32-24-7-5-19(6-8-24)20-9-13-29(14-10-20)18-25(31)21-11-15-30(16-12-21)26(33)28-23-4-2-3-22(27)17-23/h2-8,17,20-21,25,31H,9-16,18H2,1H3,(H,28,33). The lowest BCUT2D eigenvalue weighted by Crippen LogP contribution is -2.46. The van der Waals surface area contributed by atoms with E-state index in [0.29, 0.717) is 11.8 Å². The first kappa shape index (κ1) is 24.5. The molecular weight excluding hydrogens is 498 g/mol. The number of hydrogen-bond donors (Lipinski definition) is 2. The molecule has 1 unspecified atom stereocenters. The number of nitrogens with zero attached hydrogens (tertiary/aromatic N) is 2. The molecule has 0 radical (unpaired) electrons. The summed E-state index contributed by atoms with van der Waals surface area (Å²) in [6, 6.07) is 16.5. The summed E-state index contributed by atoms with van der Waals surface area (Å²) in [5.41, 5.74) is 2.39. The van der Waals surface area contributed by atoms with Crippen LogP contribution in [0.2, 0.25) is 0 Å². The van der Waals surface area contributed by atoms with Crippen molar-refractivity contribution in [1.29, 1.82) is 0 Å². The van der Waals surface area contributed by atoms with Crippen LogP contribution in [0.4, 0.5) is 5.69 Å². The van der Waals surface area contributed by atoms with Crippen molar-refractivity contribution in [3.05, 3.63) is 58.6 Å². The van der Waals surface area contributed by atoms with Gasteiger partial charge in [0.25, 0.3) is 0 Å². The molecule has 2 aromatic rings. The van der Waals surface area contributed by atoms with Gasteiger partial charge in [0.15, 0.2) is 5.11 Å². The fourth-order valence-electron chi connectivity index (χ4n) is 4.99. The summed E-state index contributed by atoms with van der Waals surface area (Å²) in [6.45, 7) is 4.66. The van der Waals surface area contributed by atoms with Crippen LogP contribution in [0.1, 0.15) is 37.2 Å². The molecule has 5 nitrogen and oxygen atoms in total. The third-order valence-electron chi connectivity index (χ3n) is 7.07. The molecule has 1 atom stereocenters. The highest BCUT2D eigenvalue weighted by atomic mass is 79.9. The molecule has 0 aromatic heterocycles. The van der Waals surface area contributed by atoms with Crippen LogP contribution < -0.4 is 10.1 Å². The SMILES string of the molecule is COc1ccc(C2CCN(CC(O)C3CCN(C(=S)Nc4cccc(Br)c4)CC3)CC2)cc1. The minimum atomic E-state index is -0.267. The Kier molecular flexibility index (Phi) is 8.63. The highest BCUT2D eigenvalue weighted by Gasteiger charge is 2.29. The molecule has 2 aliphatic rings. The largest absolute Gasteiger partial charge is 0.497 e. The number of ether oxygens (including phenoxy) is 1. The van der Waals surface area contributed by atoms with E-state index in [4.69, 9.17) is 17.0 Å². The second-order valence-corrected chi connectivity index (χ2v) is 10.5. The summed E-state index contributed by atoms with van der Waals surface area (Å²) in [5, 5.41) is 15.0. The zero-order valence-electron chi connectivity index (χ0n) is 19.3. The molecule has 0 spiro atoms. The van der Waals surface area contributed by atoms with Crippen LogP contribution in [0.15, 0.2) is 53.0 Å². The third kappa shape index (κ3) is 6.69. The number of anilines is 1. The quantitative estimate of drug-likeness (QED) is 0.505. The van der Waals surface area contributed by atoms with Gasteiger partial charge in [-0.15, -0.1) is 0 Å². The van der Waals surface area contributed by atoms with Gasteiger partial charge >= 0.3 is 0 Å². The van der Waals surface area contributed by atoms with Crippen molar-refractivity contribution in [2.75, 3.05) is 45.2 Å². The van der Waals surface area contributed by atoms with Crippen LogP contribution >= 0.6 is 28.1 Å². The van der Waals surface area contributed by atoms with Crippen molar-refractivity contribution in [2.24, 2.45) is 5.92 Å². The van der Waals surface area contributed by atoms with Crippen molar-refractivity contribution in [2.45, 2.75) is 37.7 Å². The topological polar surface area (TPSA) is 48.0 Å². The number of aliphatic hydroxyl groups is 1. The maximum Gasteiger partial charge on any atom is 0.173 e. The summed E-state index contributed by atoms with van der Waals surface area (Å²) in [7, 11) is 1.71. The van der Waals surface area contributed by atoms with Crippen LogP contribution in [-0.4, -0.2) is 66.0 Å². The molecule has 2 aliphatic heterocycles. The highest BCUT2D eigenvalue weighted by molar-refractivity contribution is 9.10. The van der Waals surface area contributed by atoms with E-state index < -0.39 is 0 Å². The molecule has 178 valence electrons. The van der Waals surface area contributed by atoms with E-state index in [1.165, 1.54) is 5.56 Å². The summed E-state index contributed by atoms with van der Waals surface area (Å²) >= 11 is 9.12. The van der Waals surface area contributed by atoms with Gasteiger partial charge in [-0.3, -0.25) is 0 Å². The van der Waals surface area contributed by atoms with E-state index in [1.807, 2.05) is 24.3 Å². The summed E-state index contributed by atoms with van der Waals surface area (Å²) in [6.07, 6.45) is 3.98. The maximum atomic E-state index is 10.9. The Morgan fingerprint density at radius 2 is 1.79 bits per heavy atom. The Balaban J connectivity index is 1.18. The number of nitrogens with one attached hydrogen (secondary N) is 1. The highest BCUT2D eigenvalue weighted by Crippen LogP contribution is 2.30. The molecule has 0 bridgehead atoms. The Bertz CT molecular complexity index is 910. The van der Waals surface area contributed by atoms with Gasteiger partial charge in [0, 0.05) is 29.8 Å². The zero-order chi connectivity index (χ0) is 23.2.